The van der Waals surface area contributed by atoms with E-state index in [0.29, 0.717) is 5.56 Å². The van der Waals surface area contributed by atoms with E-state index in [0.717, 1.165) is 30.4 Å². The summed E-state index contributed by atoms with van der Waals surface area (Å²) in [5, 5.41) is 2.94. The SMILES string of the molecule is Cc1ncccc1C(=O)Nc1ccc(N2CCC(C)CC2)cc1. The minimum atomic E-state index is -0.116. The van der Waals surface area contributed by atoms with Crippen LogP contribution in [0.1, 0.15) is 35.8 Å². The van der Waals surface area contributed by atoms with Crippen molar-refractivity contribution in [3.05, 3.63) is 53.9 Å². The highest BCUT2D eigenvalue weighted by atomic mass is 16.1. The minimum absolute atomic E-state index is 0.116. The molecule has 1 amide bonds. The van der Waals surface area contributed by atoms with Crippen LogP contribution in [0.2, 0.25) is 0 Å². The molecule has 0 saturated carbocycles. The first-order chi connectivity index (χ1) is 11.1. The van der Waals surface area contributed by atoms with Crippen molar-refractivity contribution in [3.8, 4) is 0 Å². The highest BCUT2D eigenvalue weighted by molar-refractivity contribution is 6.05. The van der Waals surface area contributed by atoms with E-state index in [-0.39, 0.29) is 5.91 Å². The Morgan fingerprint density at radius 1 is 1.17 bits per heavy atom. The van der Waals surface area contributed by atoms with E-state index >= 15 is 0 Å². The predicted octanol–water partition coefficient (Wildman–Crippen LogP) is 3.88. The van der Waals surface area contributed by atoms with Crippen LogP contribution < -0.4 is 10.2 Å². The molecule has 1 aliphatic rings. The Bertz CT molecular complexity index is 673. The average Bonchev–Trinajstić information content (AvgIpc) is 2.57. The van der Waals surface area contributed by atoms with Crippen molar-refractivity contribution in [3.63, 3.8) is 0 Å². The number of aryl methyl sites for hydroxylation is 1. The molecule has 3 rings (SSSR count). The Kier molecular flexibility index (Phi) is 4.60. The number of pyridine rings is 1. The molecule has 1 fully saturated rings. The number of hydrogen-bond acceptors (Lipinski definition) is 3. The average molecular weight is 309 g/mol. The first-order valence-corrected chi connectivity index (χ1v) is 8.21. The Morgan fingerprint density at radius 3 is 2.52 bits per heavy atom. The summed E-state index contributed by atoms with van der Waals surface area (Å²) in [5.74, 6) is 0.711. The Morgan fingerprint density at radius 2 is 1.87 bits per heavy atom. The molecule has 0 bridgehead atoms. The standard InChI is InChI=1S/C19H23N3O/c1-14-9-12-22(13-10-14)17-7-5-16(6-8-17)21-19(23)18-4-3-11-20-15(18)2/h3-8,11,14H,9-10,12-13H2,1-2H3,(H,21,23). The number of nitrogens with zero attached hydrogens (tertiary/aromatic N) is 2. The van der Waals surface area contributed by atoms with Crippen LogP contribution in [0.25, 0.3) is 0 Å². The van der Waals surface area contributed by atoms with Crippen molar-refractivity contribution in [1.82, 2.24) is 4.98 Å². The fraction of sp³-hybridized carbons (Fsp3) is 0.368. The molecule has 4 heteroatoms. The van der Waals surface area contributed by atoms with Crippen LogP contribution in [-0.4, -0.2) is 24.0 Å². The summed E-state index contributed by atoms with van der Waals surface area (Å²) in [6.45, 7) is 6.38. The van der Waals surface area contributed by atoms with Gasteiger partial charge in [-0.2, -0.15) is 0 Å². The molecule has 2 aromatic rings. The van der Waals surface area contributed by atoms with Crippen molar-refractivity contribution in [2.24, 2.45) is 5.92 Å². The summed E-state index contributed by atoms with van der Waals surface area (Å²) in [4.78, 5) is 18.9. The number of carbonyl (C=O) groups is 1. The Labute approximate surface area is 137 Å². The molecule has 23 heavy (non-hydrogen) atoms. The number of nitrogens with one attached hydrogen (secondary N) is 1. The van der Waals surface area contributed by atoms with Crippen molar-refractivity contribution in [2.45, 2.75) is 26.7 Å². The van der Waals surface area contributed by atoms with Gasteiger partial charge in [-0.3, -0.25) is 9.78 Å². The zero-order valence-electron chi connectivity index (χ0n) is 13.7. The van der Waals surface area contributed by atoms with Gasteiger partial charge in [0, 0.05) is 36.4 Å². The third kappa shape index (κ3) is 3.70. The summed E-state index contributed by atoms with van der Waals surface area (Å²) in [6.07, 6.45) is 4.19. The third-order valence-corrected chi connectivity index (χ3v) is 4.53. The minimum Gasteiger partial charge on any atom is -0.372 e. The highest BCUT2D eigenvalue weighted by Gasteiger charge is 2.16. The number of benzene rings is 1. The maximum Gasteiger partial charge on any atom is 0.257 e. The fourth-order valence-electron chi connectivity index (χ4n) is 2.95. The lowest BCUT2D eigenvalue weighted by molar-refractivity contribution is 0.102. The third-order valence-electron chi connectivity index (χ3n) is 4.53. The Hall–Kier alpha value is -2.36. The number of piperidine rings is 1. The van der Waals surface area contributed by atoms with Crippen molar-refractivity contribution >= 4 is 17.3 Å². The van der Waals surface area contributed by atoms with Gasteiger partial charge in [0.25, 0.3) is 5.91 Å². The number of anilines is 2. The summed E-state index contributed by atoms with van der Waals surface area (Å²) < 4.78 is 0. The first-order valence-electron chi connectivity index (χ1n) is 8.21. The largest absolute Gasteiger partial charge is 0.372 e. The van der Waals surface area contributed by atoms with E-state index in [1.165, 1.54) is 18.5 Å². The molecule has 120 valence electrons. The molecular weight excluding hydrogens is 286 g/mol. The van der Waals surface area contributed by atoms with Crippen LogP contribution in [-0.2, 0) is 0 Å². The molecule has 1 N–H and O–H groups in total. The second-order valence-electron chi connectivity index (χ2n) is 6.31. The fourth-order valence-corrected chi connectivity index (χ4v) is 2.95. The molecule has 0 aliphatic carbocycles. The van der Waals surface area contributed by atoms with Crippen LogP contribution in [0.3, 0.4) is 0 Å². The van der Waals surface area contributed by atoms with Gasteiger partial charge < -0.3 is 10.2 Å². The molecule has 4 nitrogen and oxygen atoms in total. The first kappa shape index (κ1) is 15.5. The van der Waals surface area contributed by atoms with Gasteiger partial charge in [-0.1, -0.05) is 6.92 Å². The molecule has 1 aliphatic heterocycles. The molecule has 1 aromatic carbocycles. The maximum atomic E-state index is 12.3. The van der Waals surface area contributed by atoms with E-state index in [1.807, 2.05) is 19.1 Å². The van der Waals surface area contributed by atoms with Gasteiger partial charge in [0.1, 0.15) is 0 Å². The second-order valence-corrected chi connectivity index (χ2v) is 6.31. The molecule has 0 unspecified atom stereocenters. The number of aromatic nitrogens is 1. The van der Waals surface area contributed by atoms with Gasteiger partial charge in [0.05, 0.1) is 5.56 Å². The molecular formula is C19H23N3O. The van der Waals surface area contributed by atoms with Crippen LogP contribution >= 0.6 is 0 Å². The van der Waals surface area contributed by atoms with Crippen LogP contribution in [0, 0.1) is 12.8 Å². The number of amides is 1. The van der Waals surface area contributed by atoms with Gasteiger partial charge in [0.2, 0.25) is 0 Å². The normalized spacial score (nSPS) is 15.5. The van der Waals surface area contributed by atoms with Gasteiger partial charge in [0.15, 0.2) is 0 Å². The lowest BCUT2D eigenvalue weighted by Crippen LogP contribution is -2.32. The van der Waals surface area contributed by atoms with Gasteiger partial charge >= 0.3 is 0 Å². The zero-order chi connectivity index (χ0) is 16.2. The molecule has 1 aromatic heterocycles. The van der Waals surface area contributed by atoms with E-state index in [1.54, 1.807) is 18.3 Å². The number of rotatable bonds is 3. The van der Waals surface area contributed by atoms with Crippen molar-refractivity contribution in [1.29, 1.82) is 0 Å². The summed E-state index contributed by atoms with van der Waals surface area (Å²) in [7, 11) is 0. The van der Waals surface area contributed by atoms with Gasteiger partial charge in [-0.25, -0.2) is 0 Å². The number of hydrogen-bond donors (Lipinski definition) is 1. The second kappa shape index (κ2) is 6.82. The monoisotopic (exact) mass is 309 g/mol. The van der Waals surface area contributed by atoms with E-state index in [2.05, 4.69) is 34.3 Å². The lowest BCUT2D eigenvalue weighted by Gasteiger charge is -2.32. The van der Waals surface area contributed by atoms with Crippen LogP contribution in [0.5, 0.6) is 0 Å². The maximum absolute atomic E-state index is 12.3. The van der Waals surface area contributed by atoms with Crippen molar-refractivity contribution in [2.75, 3.05) is 23.3 Å². The van der Waals surface area contributed by atoms with Crippen LogP contribution in [0.4, 0.5) is 11.4 Å². The van der Waals surface area contributed by atoms with Crippen LogP contribution in [0.15, 0.2) is 42.6 Å². The number of carbonyl (C=O) groups excluding carboxylic acids is 1. The molecule has 0 spiro atoms. The Balaban J connectivity index is 1.66. The van der Waals surface area contributed by atoms with E-state index in [9.17, 15) is 4.79 Å². The molecule has 0 atom stereocenters. The predicted molar refractivity (Wildman–Crippen MR) is 94.0 cm³/mol. The van der Waals surface area contributed by atoms with E-state index < -0.39 is 0 Å². The summed E-state index contributed by atoms with van der Waals surface area (Å²) >= 11 is 0. The summed E-state index contributed by atoms with van der Waals surface area (Å²) in [6, 6.07) is 11.7. The smallest absolute Gasteiger partial charge is 0.257 e. The van der Waals surface area contributed by atoms with Gasteiger partial charge in [-0.05, 0) is 62.1 Å². The molecule has 0 radical (unpaired) electrons. The quantitative estimate of drug-likeness (QED) is 0.936. The lowest BCUT2D eigenvalue weighted by atomic mass is 9.99. The van der Waals surface area contributed by atoms with Crippen molar-refractivity contribution < 1.29 is 4.79 Å². The molecule has 1 saturated heterocycles. The highest BCUT2D eigenvalue weighted by Crippen LogP contribution is 2.24. The van der Waals surface area contributed by atoms with Gasteiger partial charge in [-0.15, -0.1) is 0 Å². The summed E-state index contributed by atoms with van der Waals surface area (Å²) in [5.41, 5.74) is 3.39. The molecule has 2 heterocycles. The van der Waals surface area contributed by atoms with E-state index in [4.69, 9.17) is 0 Å². The zero-order valence-corrected chi connectivity index (χ0v) is 13.7. The topological polar surface area (TPSA) is 45.2 Å².